The fraction of sp³-hybridized carbons (Fsp3) is 0.300. The van der Waals surface area contributed by atoms with Crippen molar-refractivity contribution in [2.75, 3.05) is 0 Å². The maximum atomic E-state index is 12.0. The Kier molecular flexibility index (Phi) is 2.51. The van der Waals surface area contributed by atoms with Gasteiger partial charge in [0.05, 0.1) is 11.7 Å². The molecule has 2 aromatic rings. The van der Waals surface area contributed by atoms with Crippen LogP contribution in [0.5, 0.6) is 0 Å². The second kappa shape index (κ2) is 3.71. The molecule has 0 bridgehead atoms. The van der Waals surface area contributed by atoms with Crippen LogP contribution in [0.2, 0.25) is 0 Å². The van der Waals surface area contributed by atoms with Crippen molar-refractivity contribution in [3.8, 4) is 0 Å². The highest BCUT2D eigenvalue weighted by molar-refractivity contribution is 7.18. The summed E-state index contributed by atoms with van der Waals surface area (Å²) in [4.78, 5) is 28.5. The molecular formula is C10H10N2O3S. The van der Waals surface area contributed by atoms with Crippen molar-refractivity contribution in [2.45, 2.75) is 19.9 Å². The predicted octanol–water partition coefficient (Wildman–Crippen LogP) is 1.41. The Morgan fingerprint density at radius 2 is 2.31 bits per heavy atom. The van der Waals surface area contributed by atoms with Gasteiger partial charge in [0, 0.05) is 4.88 Å². The molecule has 0 aromatic carbocycles. The molecule has 0 fully saturated rings. The first-order valence-corrected chi connectivity index (χ1v) is 5.52. The first-order chi connectivity index (χ1) is 7.50. The van der Waals surface area contributed by atoms with Gasteiger partial charge in [-0.05, 0) is 19.9 Å². The highest BCUT2D eigenvalue weighted by Crippen LogP contribution is 2.19. The van der Waals surface area contributed by atoms with Gasteiger partial charge < -0.3 is 5.11 Å². The molecule has 1 N–H and O–H groups in total. The van der Waals surface area contributed by atoms with E-state index in [-0.39, 0.29) is 5.56 Å². The number of aliphatic carboxylic acids is 1. The number of thiophene rings is 1. The van der Waals surface area contributed by atoms with Gasteiger partial charge in [0.2, 0.25) is 0 Å². The Hall–Kier alpha value is -1.69. The van der Waals surface area contributed by atoms with Gasteiger partial charge in [-0.2, -0.15) is 0 Å². The Balaban J connectivity index is 2.69. The van der Waals surface area contributed by atoms with Crippen molar-refractivity contribution in [2.24, 2.45) is 0 Å². The molecule has 0 saturated carbocycles. The van der Waals surface area contributed by atoms with Crippen LogP contribution in [-0.2, 0) is 4.79 Å². The van der Waals surface area contributed by atoms with E-state index < -0.39 is 12.0 Å². The quantitative estimate of drug-likeness (QED) is 0.858. The maximum Gasteiger partial charge on any atom is 0.326 e. The lowest BCUT2D eigenvalue weighted by atomic mass is 10.3. The first-order valence-electron chi connectivity index (χ1n) is 4.71. The highest BCUT2D eigenvalue weighted by Gasteiger charge is 2.16. The van der Waals surface area contributed by atoms with Crippen LogP contribution in [0, 0.1) is 6.92 Å². The maximum absolute atomic E-state index is 12.0. The molecule has 0 radical (unpaired) electrons. The van der Waals surface area contributed by atoms with Gasteiger partial charge in [0.1, 0.15) is 10.9 Å². The van der Waals surface area contributed by atoms with Gasteiger partial charge in [0.25, 0.3) is 5.56 Å². The monoisotopic (exact) mass is 238 g/mol. The van der Waals surface area contributed by atoms with Crippen LogP contribution < -0.4 is 5.56 Å². The third-order valence-electron chi connectivity index (χ3n) is 2.37. The van der Waals surface area contributed by atoms with Crippen LogP contribution in [0.25, 0.3) is 10.2 Å². The molecular weight excluding hydrogens is 228 g/mol. The SMILES string of the molecule is Cc1cc2c(=O)n([C@@H](C)C(=O)O)cnc2s1. The van der Waals surface area contributed by atoms with Crippen LogP contribution in [0.4, 0.5) is 0 Å². The topological polar surface area (TPSA) is 72.2 Å². The Labute approximate surface area is 95.0 Å². The van der Waals surface area contributed by atoms with Crippen LogP contribution in [0.15, 0.2) is 17.2 Å². The van der Waals surface area contributed by atoms with Crippen molar-refractivity contribution in [1.82, 2.24) is 9.55 Å². The zero-order chi connectivity index (χ0) is 11.9. The number of nitrogens with zero attached hydrogens (tertiary/aromatic N) is 2. The summed E-state index contributed by atoms with van der Waals surface area (Å²) in [5.74, 6) is -1.05. The summed E-state index contributed by atoms with van der Waals surface area (Å²) in [6.07, 6.45) is 1.29. The molecule has 5 nitrogen and oxygen atoms in total. The molecule has 2 rings (SSSR count). The third kappa shape index (κ3) is 1.61. The molecule has 0 aliphatic rings. The summed E-state index contributed by atoms with van der Waals surface area (Å²) in [6, 6.07) is 0.838. The van der Waals surface area contributed by atoms with Crippen molar-refractivity contribution in [1.29, 1.82) is 0 Å². The van der Waals surface area contributed by atoms with Gasteiger partial charge in [-0.25, -0.2) is 9.78 Å². The summed E-state index contributed by atoms with van der Waals surface area (Å²) in [5.41, 5.74) is -0.302. The average Bonchev–Trinajstić information content (AvgIpc) is 2.59. The van der Waals surface area contributed by atoms with Gasteiger partial charge >= 0.3 is 5.97 Å². The van der Waals surface area contributed by atoms with Gasteiger partial charge in [-0.15, -0.1) is 11.3 Å². The van der Waals surface area contributed by atoms with Crippen molar-refractivity contribution in [3.05, 3.63) is 27.6 Å². The number of carboxylic acid groups (broad SMARTS) is 1. The van der Waals surface area contributed by atoms with E-state index in [2.05, 4.69) is 4.98 Å². The fourth-order valence-corrected chi connectivity index (χ4v) is 2.29. The Morgan fingerprint density at radius 1 is 1.62 bits per heavy atom. The van der Waals surface area contributed by atoms with E-state index in [9.17, 15) is 9.59 Å². The summed E-state index contributed by atoms with van der Waals surface area (Å²) >= 11 is 1.42. The molecule has 0 unspecified atom stereocenters. The molecule has 0 spiro atoms. The lowest BCUT2D eigenvalue weighted by Gasteiger charge is -2.08. The number of rotatable bonds is 2. The number of hydrogen-bond acceptors (Lipinski definition) is 4. The molecule has 2 heterocycles. The minimum atomic E-state index is -1.05. The van der Waals surface area contributed by atoms with Crippen LogP contribution in [-0.4, -0.2) is 20.6 Å². The minimum absolute atomic E-state index is 0.302. The lowest BCUT2D eigenvalue weighted by molar-refractivity contribution is -0.140. The van der Waals surface area contributed by atoms with E-state index in [1.165, 1.54) is 24.6 Å². The number of aromatic nitrogens is 2. The lowest BCUT2D eigenvalue weighted by Crippen LogP contribution is -2.27. The summed E-state index contributed by atoms with van der Waals surface area (Å²) in [6.45, 7) is 3.34. The standard InChI is InChI=1S/C10H10N2O3S/c1-5-3-7-8(16-5)11-4-12(9(7)13)6(2)10(14)15/h3-4,6H,1-2H3,(H,14,15)/t6-/m0/s1. The van der Waals surface area contributed by atoms with E-state index in [1.54, 1.807) is 6.07 Å². The molecule has 0 aliphatic heterocycles. The highest BCUT2D eigenvalue weighted by atomic mass is 32.1. The third-order valence-corrected chi connectivity index (χ3v) is 3.33. The van der Waals surface area contributed by atoms with Crippen LogP contribution in [0.3, 0.4) is 0 Å². The van der Waals surface area contributed by atoms with E-state index in [4.69, 9.17) is 5.11 Å². The molecule has 0 saturated heterocycles. The van der Waals surface area contributed by atoms with Gasteiger partial charge in [0.15, 0.2) is 0 Å². The van der Waals surface area contributed by atoms with E-state index >= 15 is 0 Å². The molecule has 1 atom stereocenters. The van der Waals surface area contributed by atoms with Crippen LogP contribution >= 0.6 is 11.3 Å². The molecule has 0 aliphatic carbocycles. The van der Waals surface area contributed by atoms with Crippen molar-refractivity contribution >= 4 is 27.5 Å². The van der Waals surface area contributed by atoms with Crippen LogP contribution in [0.1, 0.15) is 17.8 Å². The number of carboxylic acids is 1. The fourth-order valence-electron chi connectivity index (χ4n) is 1.45. The van der Waals surface area contributed by atoms with Gasteiger partial charge in [-0.3, -0.25) is 9.36 Å². The number of hydrogen-bond donors (Lipinski definition) is 1. The first kappa shape index (κ1) is 10.8. The van der Waals surface area contributed by atoms with E-state index in [0.29, 0.717) is 10.2 Å². The van der Waals surface area contributed by atoms with E-state index in [0.717, 1.165) is 9.44 Å². The molecule has 6 heteroatoms. The number of carbonyl (C=O) groups is 1. The minimum Gasteiger partial charge on any atom is -0.480 e. The number of fused-ring (bicyclic) bond motifs is 1. The molecule has 0 amide bonds. The zero-order valence-corrected chi connectivity index (χ0v) is 9.61. The smallest absolute Gasteiger partial charge is 0.326 e. The molecule has 16 heavy (non-hydrogen) atoms. The average molecular weight is 238 g/mol. The van der Waals surface area contributed by atoms with Crippen molar-refractivity contribution in [3.63, 3.8) is 0 Å². The molecule has 84 valence electrons. The number of aryl methyl sites for hydroxylation is 1. The Bertz CT molecular complexity index is 614. The normalized spacial score (nSPS) is 12.9. The molecule has 2 aromatic heterocycles. The second-order valence-electron chi connectivity index (χ2n) is 3.55. The predicted molar refractivity (Wildman–Crippen MR) is 61.0 cm³/mol. The largest absolute Gasteiger partial charge is 0.480 e. The summed E-state index contributed by atoms with van der Waals surface area (Å²) < 4.78 is 1.14. The van der Waals surface area contributed by atoms with Gasteiger partial charge in [-0.1, -0.05) is 0 Å². The zero-order valence-electron chi connectivity index (χ0n) is 8.80. The summed E-state index contributed by atoms with van der Waals surface area (Å²) in [7, 11) is 0. The Morgan fingerprint density at radius 3 is 2.94 bits per heavy atom. The van der Waals surface area contributed by atoms with E-state index in [1.807, 2.05) is 6.92 Å². The second-order valence-corrected chi connectivity index (χ2v) is 4.78. The summed E-state index contributed by atoms with van der Waals surface area (Å²) in [5, 5.41) is 9.34. The van der Waals surface area contributed by atoms with Crippen molar-refractivity contribution < 1.29 is 9.90 Å².